The van der Waals surface area contributed by atoms with Crippen LogP contribution in [0.25, 0.3) is 6.08 Å². The summed E-state index contributed by atoms with van der Waals surface area (Å²) in [6.45, 7) is 3.05. The molecule has 1 aromatic carbocycles. The van der Waals surface area contributed by atoms with Gasteiger partial charge in [0.05, 0.1) is 14.2 Å². The van der Waals surface area contributed by atoms with Crippen LogP contribution in [0.2, 0.25) is 0 Å². The summed E-state index contributed by atoms with van der Waals surface area (Å²) in [6.07, 6.45) is 9.06. The van der Waals surface area contributed by atoms with E-state index in [0.29, 0.717) is 6.42 Å². The van der Waals surface area contributed by atoms with Crippen LogP contribution in [0.15, 0.2) is 17.7 Å². The number of hydrogen-bond donors (Lipinski definition) is 1. The predicted molar refractivity (Wildman–Crippen MR) is 100 cm³/mol. The van der Waals surface area contributed by atoms with Crippen molar-refractivity contribution < 1.29 is 23.9 Å². The Morgan fingerprint density at radius 1 is 1.11 bits per heavy atom. The molecule has 2 aliphatic carbocycles. The Morgan fingerprint density at radius 2 is 1.70 bits per heavy atom. The molecule has 0 radical (unpaired) electrons. The number of methoxy groups -OCH3 is 2. The second-order valence-electron chi connectivity index (χ2n) is 7.35. The van der Waals surface area contributed by atoms with E-state index in [9.17, 15) is 4.79 Å². The van der Waals surface area contributed by atoms with Crippen molar-refractivity contribution >= 4 is 18.1 Å². The van der Waals surface area contributed by atoms with Crippen LogP contribution >= 0.6 is 0 Å². The second-order valence-corrected chi connectivity index (χ2v) is 7.35. The topological polar surface area (TPSA) is 81.7 Å². The lowest BCUT2D eigenvalue weighted by Gasteiger charge is -2.33. The molecule has 0 bridgehead atoms. The van der Waals surface area contributed by atoms with Gasteiger partial charge in [-0.3, -0.25) is 4.79 Å². The second kappa shape index (κ2) is 9.38. The summed E-state index contributed by atoms with van der Waals surface area (Å²) in [5, 5.41) is 3.16. The standard InChI is InChI=1S/C20H27NO3.CO2/c1-20(9-5-4-6-10-20)13-21-19(22)14-11-15-16(12-14)18(24-3)8-7-17(15)23-2;2-1-3/h7-8,11H,4-6,9-10,12-13H2,1-3H3,(H,21,22);. The molecule has 2 aliphatic rings. The van der Waals surface area contributed by atoms with E-state index >= 15 is 0 Å². The normalized spacial score (nSPS) is 16.8. The number of rotatable bonds is 5. The number of amides is 1. The van der Waals surface area contributed by atoms with Gasteiger partial charge in [-0.2, -0.15) is 9.59 Å². The van der Waals surface area contributed by atoms with Crippen molar-refractivity contribution in [2.24, 2.45) is 5.41 Å². The third kappa shape index (κ3) is 4.98. The van der Waals surface area contributed by atoms with Gasteiger partial charge in [0.1, 0.15) is 11.5 Å². The average Bonchev–Trinajstić information content (AvgIpc) is 3.12. The quantitative estimate of drug-likeness (QED) is 0.857. The Kier molecular flexibility index (Phi) is 7.19. The molecule has 6 nitrogen and oxygen atoms in total. The van der Waals surface area contributed by atoms with Gasteiger partial charge in [0.25, 0.3) is 0 Å². The molecular weight excluding hydrogens is 346 g/mol. The van der Waals surface area contributed by atoms with Gasteiger partial charge in [-0.1, -0.05) is 26.2 Å². The van der Waals surface area contributed by atoms with Crippen LogP contribution in [-0.4, -0.2) is 32.8 Å². The SMILES string of the molecule is COc1ccc(OC)c2c1C=C(C(=O)NCC1(C)CCCCC1)C2.O=C=O. The first-order chi connectivity index (χ1) is 13.0. The van der Waals surface area contributed by atoms with Crippen molar-refractivity contribution in [2.75, 3.05) is 20.8 Å². The van der Waals surface area contributed by atoms with Crippen molar-refractivity contribution in [3.63, 3.8) is 0 Å². The minimum Gasteiger partial charge on any atom is -0.496 e. The van der Waals surface area contributed by atoms with E-state index < -0.39 is 0 Å². The zero-order chi connectivity index (χ0) is 19.9. The molecule has 0 saturated heterocycles. The van der Waals surface area contributed by atoms with E-state index in [2.05, 4.69) is 12.2 Å². The fraction of sp³-hybridized carbons (Fsp3) is 0.524. The van der Waals surface area contributed by atoms with Crippen LogP contribution in [0, 0.1) is 5.41 Å². The molecular formula is C21H27NO5. The first kappa shape index (κ1) is 20.7. The van der Waals surface area contributed by atoms with Gasteiger partial charge in [-0.15, -0.1) is 0 Å². The summed E-state index contributed by atoms with van der Waals surface area (Å²) in [5.74, 6) is 1.62. The molecule has 0 heterocycles. The maximum atomic E-state index is 12.6. The van der Waals surface area contributed by atoms with Crippen molar-refractivity contribution in [1.29, 1.82) is 0 Å². The highest BCUT2D eigenvalue weighted by atomic mass is 16.5. The number of hydrogen-bond acceptors (Lipinski definition) is 5. The highest BCUT2D eigenvalue weighted by molar-refractivity contribution is 6.01. The van der Waals surface area contributed by atoms with Crippen molar-refractivity contribution in [2.45, 2.75) is 45.4 Å². The molecule has 0 atom stereocenters. The molecule has 3 rings (SSSR count). The van der Waals surface area contributed by atoms with Crippen LogP contribution < -0.4 is 14.8 Å². The molecule has 1 fully saturated rings. The average molecular weight is 373 g/mol. The van der Waals surface area contributed by atoms with Crippen LogP contribution in [0.1, 0.15) is 50.2 Å². The number of fused-ring (bicyclic) bond motifs is 1. The van der Waals surface area contributed by atoms with Gasteiger partial charge in [0.2, 0.25) is 5.91 Å². The number of nitrogens with one attached hydrogen (secondary N) is 1. The highest BCUT2D eigenvalue weighted by Gasteiger charge is 2.29. The fourth-order valence-corrected chi connectivity index (χ4v) is 3.88. The van der Waals surface area contributed by atoms with Gasteiger partial charge < -0.3 is 14.8 Å². The summed E-state index contributed by atoms with van der Waals surface area (Å²) in [4.78, 5) is 28.9. The van der Waals surface area contributed by atoms with Crippen molar-refractivity contribution in [1.82, 2.24) is 5.32 Å². The van der Waals surface area contributed by atoms with Crippen LogP contribution in [0.4, 0.5) is 0 Å². The van der Waals surface area contributed by atoms with E-state index in [0.717, 1.165) is 34.7 Å². The summed E-state index contributed by atoms with van der Waals surface area (Å²) < 4.78 is 10.9. The summed E-state index contributed by atoms with van der Waals surface area (Å²) in [6, 6.07) is 3.79. The Bertz CT molecular complexity index is 741. The molecule has 0 aliphatic heterocycles. The molecule has 1 saturated carbocycles. The van der Waals surface area contributed by atoms with E-state index in [4.69, 9.17) is 19.1 Å². The maximum absolute atomic E-state index is 12.6. The van der Waals surface area contributed by atoms with Gasteiger partial charge in [-0.05, 0) is 36.5 Å². The number of carbonyl (C=O) groups is 1. The Hall–Kier alpha value is -2.59. The third-order valence-corrected chi connectivity index (χ3v) is 5.43. The largest absolute Gasteiger partial charge is 0.496 e. The third-order valence-electron chi connectivity index (χ3n) is 5.43. The highest BCUT2D eigenvalue weighted by Crippen LogP contribution is 2.39. The molecule has 6 heteroatoms. The first-order valence-corrected chi connectivity index (χ1v) is 9.20. The predicted octanol–water partition coefficient (Wildman–Crippen LogP) is 3.15. The van der Waals surface area contributed by atoms with Crippen LogP contribution in [0.3, 0.4) is 0 Å². The molecule has 1 amide bonds. The van der Waals surface area contributed by atoms with Crippen molar-refractivity contribution in [3.8, 4) is 11.5 Å². The maximum Gasteiger partial charge on any atom is 0.373 e. The molecule has 0 spiro atoms. The number of benzene rings is 1. The minimum absolute atomic E-state index is 0.0297. The Balaban J connectivity index is 0.000000817. The van der Waals surface area contributed by atoms with Gasteiger partial charge in [0.15, 0.2) is 0 Å². The molecule has 1 N–H and O–H groups in total. The monoisotopic (exact) mass is 373 g/mol. The molecule has 1 aromatic rings. The van der Waals surface area contributed by atoms with Crippen molar-refractivity contribution in [3.05, 3.63) is 28.8 Å². The van der Waals surface area contributed by atoms with Gasteiger partial charge in [-0.25, -0.2) is 0 Å². The Morgan fingerprint density at radius 3 is 2.30 bits per heavy atom. The summed E-state index contributed by atoms with van der Waals surface area (Å²) >= 11 is 0. The molecule has 146 valence electrons. The zero-order valence-electron chi connectivity index (χ0n) is 16.2. The fourth-order valence-electron chi connectivity index (χ4n) is 3.88. The lowest BCUT2D eigenvalue weighted by Crippen LogP contribution is -2.37. The molecule has 27 heavy (non-hydrogen) atoms. The van der Waals surface area contributed by atoms with Crippen LogP contribution in [0.5, 0.6) is 11.5 Å². The minimum atomic E-state index is 0.0297. The van der Waals surface area contributed by atoms with E-state index in [1.54, 1.807) is 14.2 Å². The molecule has 0 unspecified atom stereocenters. The number of ether oxygens (including phenoxy) is 2. The lowest BCUT2D eigenvalue weighted by molar-refractivity contribution is -0.191. The number of carbonyl (C=O) groups excluding carboxylic acids is 3. The zero-order valence-corrected chi connectivity index (χ0v) is 16.2. The van der Waals surface area contributed by atoms with Gasteiger partial charge in [0, 0.05) is 29.7 Å². The van der Waals surface area contributed by atoms with Crippen LogP contribution in [-0.2, 0) is 20.8 Å². The Labute approximate surface area is 159 Å². The van der Waals surface area contributed by atoms with E-state index in [1.165, 1.54) is 32.1 Å². The van der Waals surface area contributed by atoms with Gasteiger partial charge >= 0.3 is 6.15 Å². The molecule has 0 aromatic heterocycles. The van der Waals surface area contributed by atoms with E-state index in [1.807, 2.05) is 18.2 Å². The lowest BCUT2D eigenvalue weighted by atomic mass is 9.76. The van der Waals surface area contributed by atoms with E-state index in [-0.39, 0.29) is 17.5 Å². The summed E-state index contributed by atoms with van der Waals surface area (Å²) in [7, 11) is 3.31. The summed E-state index contributed by atoms with van der Waals surface area (Å²) in [5.41, 5.74) is 3.03. The first-order valence-electron chi connectivity index (χ1n) is 9.20. The smallest absolute Gasteiger partial charge is 0.373 e.